The molecule has 0 saturated heterocycles. The van der Waals surface area contributed by atoms with Crippen LogP contribution < -0.4 is 4.90 Å². The summed E-state index contributed by atoms with van der Waals surface area (Å²) in [6.45, 7) is 2.58. The number of aliphatic hydroxyl groups is 1. The Labute approximate surface area is 124 Å². The lowest BCUT2D eigenvalue weighted by Gasteiger charge is -2.20. The number of hydrogen-bond donors (Lipinski definition) is 1. The Balaban J connectivity index is 2.02. The van der Waals surface area contributed by atoms with Crippen LogP contribution in [0.4, 0.5) is 5.69 Å². The first-order chi connectivity index (χ1) is 9.58. The van der Waals surface area contributed by atoms with Crippen molar-refractivity contribution in [3.63, 3.8) is 0 Å². The topological polar surface area (TPSA) is 36.4 Å². The number of pyridine rings is 1. The molecule has 0 saturated carbocycles. The Kier molecular flexibility index (Phi) is 4.99. The summed E-state index contributed by atoms with van der Waals surface area (Å²) in [5, 5.41) is 10.2. The number of benzene rings is 1. The number of nitrogens with zero attached hydrogens (tertiary/aromatic N) is 2. The van der Waals surface area contributed by atoms with E-state index in [0.29, 0.717) is 5.02 Å². The Bertz CT molecular complexity index is 558. The van der Waals surface area contributed by atoms with Gasteiger partial charge in [-0.2, -0.15) is 0 Å². The molecule has 0 bridgehead atoms. The number of halogens is 1. The summed E-state index contributed by atoms with van der Waals surface area (Å²) in [5.74, 6) is 0. The smallest absolute Gasteiger partial charge is 0.0776 e. The van der Waals surface area contributed by atoms with Gasteiger partial charge in [0.1, 0.15) is 0 Å². The van der Waals surface area contributed by atoms with Crippen molar-refractivity contribution in [1.82, 2.24) is 4.98 Å². The molecule has 0 aliphatic rings. The molecule has 1 aromatic carbocycles. The van der Waals surface area contributed by atoms with Gasteiger partial charge in [0.2, 0.25) is 0 Å². The molecule has 0 spiro atoms. The maximum Gasteiger partial charge on any atom is 0.0776 e. The molecule has 2 aromatic rings. The van der Waals surface area contributed by atoms with E-state index < -0.39 is 6.10 Å². The molecule has 1 unspecified atom stereocenters. The van der Waals surface area contributed by atoms with Gasteiger partial charge in [-0.25, -0.2) is 0 Å². The predicted octanol–water partition coefficient (Wildman–Crippen LogP) is 3.47. The standard InChI is InChI=1S/C16H19ClN2O/c1-12(20)15-7-6-14(11-16(15)17)19(2)10-8-13-5-3-4-9-18-13/h3-7,9,11-12,20H,8,10H2,1-2H3. The third kappa shape index (κ3) is 3.71. The largest absolute Gasteiger partial charge is 0.389 e. The number of hydrogen-bond acceptors (Lipinski definition) is 3. The highest BCUT2D eigenvalue weighted by Crippen LogP contribution is 2.27. The first-order valence-corrected chi connectivity index (χ1v) is 7.04. The van der Waals surface area contributed by atoms with Crippen LogP contribution in [0.5, 0.6) is 0 Å². The first kappa shape index (κ1) is 14.8. The van der Waals surface area contributed by atoms with Gasteiger partial charge in [-0.3, -0.25) is 4.98 Å². The number of aromatic nitrogens is 1. The molecule has 1 aromatic heterocycles. The maximum absolute atomic E-state index is 9.58. The molecule has 106 valence electrons. The molecule has 0 fully saturated rings. The molecule has 3 nitrogen and oxygen atoms in total. The second-order valence-electron chi connectivity index (χ2n) is 4.87. The Morgan fingerprint density at radius 2 is 2.10 bits per heavy atom. The van der Waals surface area contributed by atoms with E-state index in [4.69, 9.17) is 11.6 Å². The number of aliphatic hydroxyl groups excluding tert-OH is 1. The predicted molar refractivity (Wildman–Crippen MR) is 83.3 cm³/mol. The van der Waals surface area contributed by atoms with Crippen molar-refractivity contribution in [3.05, 3.63) is 58.9 Å². The summed E-state index contributed by atoms with van der Waals surface area (Å²) in [7, 11) is 2.02. The van der Waals surface area contributed by atoms with Gasteiger partial charge in [0, 0.05) is 42.6 Å². The van der Waals surface area contributed by atoms with Gasteiger partial charge < -0.3 is 10.0 Å². The molecule has 0 aliphatic heterocycles. The molecular formula is C16H19ClN2O. The monoisotopic (exact) mass is 290 g/mol. The highest BCUT2D eigenvalue weighted by atomic mass is 35.5. The zero-order valence-corrected chi connectivity index (χ0v) is 12.5. The quantitative estimate of drug-likeness (QED) is 0.916. The summed E-state index contributed by atoms with van der Waals surface area (Å²) in [4.78, 5) is 6.44. The fraction of sp³-hybridized carbons (Fsp3) is 0.312. The fourth-order valence-corrected chi connectivity index (χ4v) is 2.38. The molecule has 0 radical (unpaired) electrons. The van der Waals surface area contributed by atoms with Crippen LogP contribution in [-0.2, 0) is 6.42 Å². The Hall–Kier alpha value is -1.58. The highest BCUT2D eigenvalue weighted by molar-refractivity contribution is 6.31. The van der Waals surface area contributed by atoms with Crippen molar-refractivity contribution in [2.24, 2.45) is 0 Å². The van der Waals surface area contributed by atoms with Crippen molar-refractivity contribution in [2.45, 2.75) is 19.4 Å². The van der Waals surface area contributed by atoms with Crippen LogP contribution in [-0.4, -0.2) is 23.7 Å². The summed E-state index contributed by atoms with van der Waals surface area (Å²) >= 11 is 6.19. The lowest BCUT2D eigenvalue weighted by atomic mass is 10.1. The molecule has 0 aliphatic carbocycles. The molecule has 2 rings (SSSR count). The Morgan fingerprint density at radius 3 is 2.70 bits per heavy atom. The van der Waals surface area contributed by atoms with Crippen LogP contribution in [0.3, 0.4) is 0 Å². The Morgan fingerprint density at radius 1 is 1.30 bits per heavy atom. The van der Waals surface area contributed by atoms with Crippen LogP contribution in [0, 0.1) is 0 Å². The van der Waals surface area contributed by atoms with E-state index in [0.717, 1.165) is 29.9 Å². The molecular weight excluding hydrogens is 272 g/mol. The lowest BCUT2D eigenvalue weighted by molar-refractivity contribution is 0.199. The van der Waals surface area contributed by atoms with Gasteiger partial charge in [0.25, 0.3) is 0 Å². The molecule has 1 N–H and O–H groups in total. The minimum absolute atomic E-state index is 0.546. The van der Waals surface area contributed by atoms with E-state index in [-0.39, 0.29) is 0 Å². The van der Waals surface area contributed by atoms with Crippen molar-refractivity contribution < 1.29 is 5.11 Å². The van der Waals surface area contributed by atoms with Crippen molar-refractivity contribution in [1.29, 1.82) is 0 Å². The minimum Gasteiger partial charge on any atom is -0.389 e. The van der Waals surface area contributed by atoms with Crippen LogP contribution in [0.25, 0.3) is 0 Å². The fourth-order valence-electron chi connectivity index (χ4n) is 2.05. The third-order valence-corrected chi connectivity index (χ3v) is 3.63. The second kappa shape index (κ2) is 6.73. The normalized spacial score (nSPS) is 12.2. The minimum atomic E-state index is -0.546. The van der Waals surface area contributed by atoms with Gasteiger partial charge in [-0.15, -0.1) is 0 Å². The highest BCUT2D eigenvalue weighted by Gasteiger charge is 2.09. The van der Waals surface area contributed by atoms with E-state index in [9.17, 15) is 5.11 Å². The van der Waals surface area contributed by atoms with Crippen LogP contribution in [0.1, 0.15) is 24.3 Å². The number of likely N-dealkylation sites (N-methyl/N-ethyl adjacent to an activating group) is 1. The second-order valence-corrected chi connectivity index (χ2v) is 5.28. The number of anilines is 1. The van der Waals surface area contributed by atoms with Crippen LogP contribution in [0.15, 0.2) is 42.6 Å². The summed E-state index contributed by atoms with van der Waals surface area (Å²) in [5.41, 5.74) is 2.87. The van der Waals surface area contributed by atoms with Crippen LogP contribution >= 0.6 is 11.6 Å². The van der Waals surface area contributed by atoms with Gasteiger partial charge in [-0.05, 0) is 36.8 Å². The average molecular weight is 291 g/mol. The zero-order valence-electron chi connectivity index (χ0n) is 11.8. The van der Waals surface area contributed by atoms with E-state index in [1.54, 1.807) is 6.92 Å². The van der Waals surface area contributed by atoms with Crippen LogP contribution in [0.2, 0.25) is 5.02 Å². The SMILES string of the molecule is CC(O)c1ccc(N(C)CCc2ccccn2)cc1Cl. The molecule has 0 amide bonds. The average Bonchev–Trinajstić information content (AvgIpc) is 2.45. The van der Waals surface area contributed by atoms with Gasteiger partial charge in [0.05, 0.1) is 6.10 Å². The third-order valence-electron chi connectivity index (χ3n) is 3.30. The van der Waals surface area contributed by atoms with Crippen molar-refractivity contribution >= 4 is 17.3 Å². The lowest BCUT2D eigenvalue weighted by Crippen LogP contribution is -2.20. The van der Waals surface area contributed by atoms with E-state index in [1.807, 2.05) is 49.6 Å². The van der Waals surface area contributed by atoms with Gasteiger partial charge in [-0.1, -0.05) is 23.7 Å². The first-order valence-electron chi connectivity index (χ1n) is 6.66. The van der Waals surface area contributed by atoms with E-state index in [2.05, 4.69) is 9.88 Å². The van der Waals surface area contributed by atoms with Crippen molar-refractivity contribution in [2.75, 3.05) is 18.5 Å². The van der Waals surface area contributed by atoms with Crippen molar-refractivity contribution in [3.8, 4) is 0 Å². The zero-order chi connectivity index (χ0) is 14.5. The van der Waals surface area contributed by atoms with E-state index >= 15 is 0 Å². The maximum atomic E-state index is 9.58. The summed E-state index contributed by atoms with van der Waals surface area (Å²) in [6.07, 6.45) is 2.15. The molecule has 4 heteroatoms. The van der Waals surface area contributed by atoms with Gasteiger partial charge in [0.15, 0.2) is 0 Å². The summed E-state index contributed by atoms with van der Waals surface area (Å²) in [6, 6.07) is 11.7. The van der Waals surface area contributed by atoms with E-state index in [1.165, 1.54) is 0 Å². The summed E-state index contributed by atoms with van der Waals surface area (Å²) < 4.78 is 0. The molecule has 1 atom stereocenters. The molecule has 1 heterocycles. The molecule has 20 heavy (non-hydrogen) atoms. The van der Waals surface area contributed by atoms with Gasteiger partial charge >= 0.3 is 0 Å². The number of rotatable bonds is 5.